The van der Waals surface area contributed by atoms with Crippen LogP contribution in [0.3, 0.4) is 0 Å². The van der Waals surface area contributed by atoms with Gasteiger partial charge in [0.15, 0.2) is 0 Å². The molecular weight excluding hydrogens is 267 g/mol. The fourth-order valence-corrected chi connectivity index (χ4v) is 2.54. The molecule has 1 atom stereocenters. The molecule has 2 aromatic rings. The highest BCUT2D eigenvalue weighted by atomic mass is 19.1. The molecule has 0 amide bonds. The van der Waals surface area contributed by atoms with Crippen LogP contribution in [-0.2, 0) is 0 Å². The van der Waals surface area contributed by atoms with E-state index < -0.39 is 0 Å². The van der Waals surface area contributed by atoms with Gasteiger partial charge in [0, 0.05) is 23.8 Å². The van der Waals surface area contributed by atoms with Gasteiger partial charge in [-0.15, -0.1) is 0 Å². The summed E-state index contributed by atoms with van der Waals surface area (Å²) in [6.07, 6.45) is 0. The monoisotopic (exact) mass is 288 g/mol. The van der Waals surface area contributed by atoms with Crippen molar-refractivity contribution in [3.63, 3.8) is 0 Å². The topological polar surface area (TPSA) is 38.5 Å². The summed E-state index contributed by atoms with van der Waals surface area (Å²) in [4.78, 5) is 1.91. The van der Waals surface area contributed by atoms with E-state index in [1.807, 2.05) is 43.0 Å². The number of anilines is 2. The molecule has 0 unspecified atom stereocenters. The average Bonchev–Trinajstić information content (AvgIpc) is 2.49. The molecule has 0 spiro atoms. The van der Waals surface area contributed by atoms with Crippen LogP contribution < -0.4 is 15.4 Å². The second kappa shape index (κ2) is 6.59. The SMILES string of the molecule is CCN(c1ccccc1F)c1cccc(OC)c1[C@H](C)N. The molecule has 0 fully saturated rings. The van der Waals surface area contributed by atoms with E-state index in [2.05, 4.69) is 0 Å². The molecular formula is C17H21FN2O. The third kappa shape index (κ3) is 3.00. The zero-order chi connectivity index (χ0) is 15.4. The molecule has 2 rings (SSSR count). The fourth-order valence-electron chi connectivity index (χ4n) is 2.54. The van der Waals surface area contributed by atoms with Crippen molar-refractivity contribution in [3.05, 3.63) is 53.8 Å². The number of hydrogen-bond acceptors (Lipinski definition) is 3. The van der Waals surface area contributed by atoms with Gasteiger partial charge in [0.25, 0.3) is 0 Å². The molecule has 0 saturated heterocycles. The zero-order valence-corrected chi connectivity index (χ0v) is 12.6. The molecule has 0 aromatic heterocycles. The molecule has 2 N–H and O–H groups in total. The van der Waals surface area contributed by atoms with E-state index in [-0.39, 0.29) is 11.9 Å². The molecule has 3 nitrogen and oxygen atoms in total. The summed E-state index contributed by atoms with van der Waals surface area (Å²) >= 11 is 0. The van der Waals surface area contributed by atoms with E-state index >= 15 is 0 Å². The van der Waals surface area contributed by atoms with Crippen LogP contribution in [0.2, 0.25) is 0 Å². The molecule has 112 valence electrons. The van der Waals surface area contributed by atoms with Crippen LogP contribution in [0.1, 0.15) is 25.5 Å². The Kier molecular flexibility index (Phi) is 4.81. The van der Waals surface area contributed by atoms with Crippen molar-refractivity contribution in [1.82, 2.24) is 0 Å². The first-order valence-corrected chi connectivity index (χ1v) is 7.04. The number of nitrogens with zero attached hydrogens (tertiary/aromatic N) is 1. The minimum atomic E-state index is -0.252. The van der Waals surface area contributed by atoms with Crippen molar-refractivity contribution in [2.75, 3.05) is 18.6 Å². The van der Waals surface area contributed by atoms with Crippen LogP contribution in [0.5, 0.6) is 5.75 Å². The molecule has 0 bridgehead atoms. The standard InChI is InChI=1S/C17H21FN2O/c1-4-20(14-9-6-5-8-13(14)18)15-10-7-11-16(21-3)17(15)12(2)19/h5-12H,4,19H2,1-3H3/t12-/m0/s1. The maximum absolute atomic E-state index is 14.1. The highest BCUT2D eigenvalue weighted by Gasteiger charge is 2.19. The van der Waals surface area contributed by atoms with Gasteiger partial charge in [0.2, 0.25) is 0 Å². The Morgan fingerprint density at radius 2 is 1.81 bits per heavy atom. The Labute approximate surface area is 125 Å². The molecule has 0 radical (unpaired) electrons. The van der Waals surface area contributed by atoms with Crippen molar-refractivity contribution in [2.45, 2.75) is 19.9 Å². The summed E-state index contributed by atoms with van der Waals surface area (Å²) in [7, 11) is 1.62. The highest BCUT2D eigenvalue weighted by molar-refractivity contribution is 5.70. The highest BCUT2D eigenvalue weighted by Crippen LogP contribution is 2.37. The van der Waals surface area contributed by atoms with Gasteiger partial charge in [0.1, 0.15) is 11.6 Å². The summed E-state index contributed by atoms with van der Waals surface area (Å²) in [5.74, 6) is 0.468. The molecule has 2 aromatic carbocycles. The predicted molar refractivity (Wildman–Crippen MR) is 84.7 cm³/mol. The average molecular weight is 288 g/mol. The Balaban J connectivity index is 2.61. The van der Waals surface area contributed by atoms with Gasteiger partial charge in [-0.25, -0.2) is 4.39 Å². The Bertz CT molecular complexity index is 613. The van der Waals surface area contributed by atoms with Crippen molar-refractivity contribution in [3.8, 4) is 5.75 Å². The molecule has 4 heteroatoms. The van der Waals surface area contributed by atoms with Crippen LogP contribution in [0.15, 0.2) is 42.5 Å². The zero-order valence-electron chi connectivity index (χ0n) is 12.6. The summed E-state index contributed by atoms with van der Waals surface area (Å²) in [5, 5.41) is 0. The lowest BCUT2D eigenvalue weighted by Crippen LogP contribution is -2.21. The van der Waals surface area contributed by atoms with Crippen LogP contribution in [-0.4, -0.2) is 13.7 Å². The first kappa shape index (κ1) is 15.3. The predicted octanol–water partition coefficient (Wildman–Crippen LogP) is 4.01. The minimum absolute atomic E-state index is 0.211. The maximum atomic E-state index is 14.1. The molecule has 0 heterocycles. The number of halogens is 1. The van der Waals surface area contributed by atoms with Gasteiger partial charge in [-0.3, -0.25) is 0 Å². The minimum Gasteiger partial charge on any atom is -0.496 e. The third-order valence-corrected chi connectivity index (χ3v) is 3.47. The maximum Gasteiger partial charge on any atom is 0.146 e. The van der Waals surface area contributed by atoms with Crippen LogP contribution in [0, 0.1) is 5.82 Å². The van der Waals surface area contributed by atoms with Crippen molar-refractivity contribution >= 4 is 11.4 Å². The molecule has 0 saturated carbocycles. The van der Waals surface area contributed by atoms with Crippen molar-refractivity contribution in [2.24, 2.45) is 5.73 Å². The van der Waals surface area contributed by atoms with Gasteiger partial charge < -0.3 is 15.4 Å². The molecule has 0 aliphatic rings. The third-order valence-electron chi connectivity index (χ3n) is 3.47. The number of hydrogen-bond donors (Lipinski definition) is 1. The summed E-state index contributed by atoms with van der Waals surface area (Å²) < 4.78 is 19.5. The van der Waals surface area contributed by atoms with E-state index in [1.54, 1.807) is 19.2 Å². The number of benzene rings is 2. The number of methoxy groups -OCH3 is 1. The van der Waals surface area contributed by atoms with Crippen LogP contribution >= 0.6 is 0 Å². The number of para-hydroxylation sites is 1. The Hall–Kier alpha value is -2.07. The lowest BCUT2D eigenvalue weighted by Gasteiger charge is -2.28. The van der Waals surface area contributed by atoms with Crippen LogP contribution in [0.4, 0.5) is 15.8 Å². The van der Waals surface area contributed by atoms with E-state index in [9.17, 15) is 4.39 Å². The largest absolute Gasteiger partial charge is 0.496 e. The van der Waals surface area contributed by atoms with E-state index in [4.69, 9.17) is 10.5 Å². The quantitative estimate of drug-likeness (QED) is 0.903. The van der Waals surface area contributed by atoms with Gasteiger partial charge >= 0.3 is 0 Å². The smallest absolute Gasteiger partial charge is 0.146 e. The summed E-state index contributed by atoms with van der Waals surface area (Å²) in [5.41, 5.74) is 8.39. The van der Waals surface area contributed by atoms with E-state index in [1.165, 1.54) is 6.07 Å². The second-order valence-electron chi connectivity index (χ2n) is 4.88. The van der Waals surface area contributed by atoms with Crippen molar-refractivity contribution < 1.29 is 9.13 Å². The van der Waals surface area contributed by atoms with Crippen molar-refractivity contribution in [1.29, 1.82) is 0 Å². The first-order chi connectivity index (χ1) is 10.1. The second-order valence-corrected chi connectivity index (χ2v) is 4.88. The molecule has 0 aliphatic heterocycles. The first-order valence-electron chi connectivity index (χ1n) is 7.04. The Morgan fingerprint density at radius 1 is 1.14 bits per heavy atom. The number of ether oxygens (including phenoxy) is 1. The normalized spacial score (nSPS) is 12.0. The fraction of sp³-hybridized carbons (Fsp3) is 0.294. The van der Waals surface area contributed by atoms with Gasteiger partial charge in [-0.2, -0.15) is 0 Å². The van der Waals surface area contributed by atoms with Gasteiger partial charge in [-0.05, 0) is 38.1 Å². The van der Waals surface area contributed by atoms with E-state index in [0.29, 0.717) is 12.2 Å². The molecule has 21 heavy (non-hydrogen) atoms. The van der Waals surface area contributed by atoms with Gasteiger partial charge in [-0.1, -0.05) is 18.2 Å². The summed E-state index contributed by atoms with van der Waals surface area (Å²) in [6, 6.07) is 12.2. The number of nitrogens with two attached hydrogens (primary N) is 1. The van der Waals surface area contributed by atoms with Gasteiger partial charge in [0.05, 0.1) is 12.8 Å². The van der Waals surface area contributed by atoms with Crippen LogP contribution in [0.25, 0.3) is 0 Å². The lowest BCUT2D eigenvalue weighted by atomic mass is 10.0. The molecule has 0 aliphatic carbocycles. The Morgan fingerprint density at radius 3 is 2.38 bits per heavy atom. The lowest BCUT2D eigenvalue weighted by molar-refractivity contribution is 0.407. The van der Waals surface area contributed by atoms with E-state index in [0.717, 1.165) is 17.0 Å². The summed E-state index contributed by atoms with van der Waals surface area (Å²) in [6.45, 7) is 4.52. The number of rotatable bonds is 5.